The molecule has 0 aliphatic heterocycles. The van der Waals surface area contributed by atoms with Gasteiger partial charge in [0, 0.05) is 40.5 Å². The predicted molar refractivity (Wildman–Crippen MR) is 151 cm³/mol. The Balaban J connectivity index is 1.84. The van der Waals surface area contributed by atoms with E-state index >= 15 is 0 Å². The van der Waals surface area contributed by atoms with Crippen LogP contribution in [0.5, 0.6) is 0 Å². The van der Waals surface area contributed by atoms with Crippen molar-refractivity contribution >= 4 is 50.3 Å². The standard InChI is InChI=1S/C25H31B2FN6O5/c1-32(2)20(35)8-5-11-25(26,27)21(39-24(38)33(3)4)22(36)31-17-7-6-12-34(23(17)37)14-19-29-16-10-9-15(28)13-18(16)30-19/h5-10,12-13,21H,11,14,26-27H2,1-4H3,(H,29,30)(H,31,36)/b8-5+. The van der Waals surface area contributed by atoms with Crippen molar-refractivity contribution in [3.8, 4) is 0 Å². The highest BCUT2D eigenvalue weighted by Crippen LogP contribution is 2.31. The van der Waals surface area contributed by atoms with E-state index in [2.05, 4.69) is 15.3 Å². The number of fused-ring (bicyclic) bond motifs is 1. The number of rotatable bonds is 9. The topological polar surface area (TPSA) is 130 Å². The van der Waals surface area contributed by atoms with Crippen molar-refractivity contribution in [1.29, 1.82) is 0 Å². The average molecular weight is 536 g/mol. The quantitative estimate of drug-likeness (QED) is 0.300. The van der Waals surface area contributed by atoms with E-state index < -0.39 is 34.7 Å². The third-order valence-electron chi connectivity index (χ3n) is 5.97. The Morgan fingerprint density at radius 1 is 1.21 bits per heavy atom. The summed E-state index contributed by atoms with van der Waals surface area (Å²) in [5.41, 5.74) is 0.517. The Labute approximate surface area is 226 Å². The average Bonchev–Trinajstić information content (AvgIpc) is 3.25. The molecular formula is C25H31B2FN6O5. The van der Waals surface area contributed by atoms with Gasteiger partial charge in [-0.05, 0) is 42.0 Å². The molecule has 0 saturated heterocycles. The fourth-order valence-corrected chi connectivity index (χ4v) is 3.72. The molecule has 0 bridgehead atoms. The Morgan fingerprint density at radius 2 is 1.92 bits per heavy atom. The predicted octanol–water partition coefficient (Wildman–Crippen LogP) is 0.334. The lowest BCUT2D eigenvalue weighted by molar-refractivity contribution is -0.125. The number of imidazole rings is 1. The van der Waals surface area contributed by atoms with Crippen molar-refractivity contribution in [1.82, 2.24) is 24.3 Å². The van der Waals surface area contributed by atoms with Gasteiger partial charge in [0.15, 0.2) is 6.10 Å². The third kappa shape index (κ3) is 7.37. The summed E-state index contributed by atoms with van der Waals surface area (Å²) in [5.74, 6) is -0.915. The van der Waals surface area contributed by atoms with E-state index in [1.807, 2.05) is 0 Å². The van der Waals surface area contributed by atoms with E-state index in [4.69, 9.17) is 4.74 Å². The molecule has 204 valence electrons. The van der Waals surface area contributed by atoms with Gasteiger partial charge in [-0.3, -0.25) is 14.4 Å². The first-order valence-corrected chi connectivity index (χ1v) is 12.2. The molecule has 0 spiro atoms. The number of pyridine rings is 1. The molecule has 0 radical (unpaired) electrons. The molecule has 0 saturated carbocycles. The van der Waals surface area contributed by atoms with Gasteiger partial charge in [-0.2, -0.15) is 0 Å². The number of carbonyl (C=O) groups excluding carboxylic acids is 3. The number of nitrogens with zero attached hydrogens (tertiary/aromatic N) is 4. The lowest BCUT2D eigenvalue weighted by Gasteiger charge is -2.32. The van der Waals surface area contributed by atoms with E-state index in [0.29, 0.717) is 16.9 Å². The van der Waals surface area contributed by atoms with Crippen LogP contribution in [-0.2, 0) is 20.9 Å². The fraction of sp³-hybridized carbons (Fsp3) is 0.320. The Bertz CT molecular complexity index is 1470. The van der Waals surface area contributed by atoms with E-state index in [1.165, 1.54) is 58.9 Å². The molecule has 14 heteroatoms. The molecule has 39 heavy (non-hydrogen) atoms. The molecule has 1 atom stereocenters. The number of H-pyrrole nitrogens is 1. The number of halogens is 1. The minimum absolute atomic E-state index is 0.0234. The van der Waals surface area contributed by atoms with Crippen molar-refractivity contribution in [3.63, 3.8) is 0 Å². The summed E-state index contributed by atoms with van der Waals surface area (Å²) < 4.78 is 20.4. The van der Waals surface area contributed by atoms with Crippen molar-refractivity contribution < 1.29 is 23.5 Å². The van der Waals surface area contributed by atoms with Gasteiger partial charge in [0.2, 0.25) is 5.91 Å². The highest BCUT2D eigenvalue weighted by molar-refractivity contribution is 6.42. The third-order valence-corrected chi connectivity index (χ3v) is 5.97. The summed E-state index contributed by atoms with van der Waals surface area (Å²) in [5, 5.41) is 1.66. The molecular weight excluding hydrogens is 505 g/mol. The summed E-state index contributed by atoms with van der Waals surface area (Å²) in [6.45, 7) is 0.0497. The van der Waals surface area contributed by atoms with E-state index in [-0.39, 0.29) is 24.6 Å². The van der Waals surface area contributed by atoms with Crippen molar-refractivity contribution in [2.75, 3.05) is 33.5 Å². The van der Waals surface area contributed by atoms with Gasteiger partial charge in [0.25, 0.3) is 11.5 Å². The Kier molecular flexibility index (Phi) is 9.00. The number of ether oxygens (including phenoxy) is 1. The second-order valence-electron chi connectivity index (χ2n) is 10.2. The number of carbonyl (C=O) groups is 3. The highest BCUT2D eigenvalue weighted by Gasteiger charge is 2.38. The van der Waals surface area contributed by atoms with Gasteiger partial charge in [-0.1, -0.05) is 6.08 Å². The van der Waals surface area contributed by atoms with Crippen LogP contribution in [0.1, 0.15) is 12.2 Å². The summed E-state index contributed by atoms with van der Waals surface area (Å²) >= 11 is 0. The van der Waals surface area contributed by atoms with Crippen LogP contribution in [0.4, 0.5) is 14.9 Å². The number of hydrogen-bond donors (Lipinski definition) is 2. The maximum atomic E-state index is 13.5. The number of amides is 3. The normalized spacial score (nSPS) is 12.3. The first-order chi connectivity index (χ1) is 18.3. The SMILES string of the molecule is BC(B)(C/C=C/C(=O)N(C)C)C(OC(=O)N(C)C)C(=O)Nc1cccn(Cc2nc3cc(F)ccc3[nH]2)c1=O. The monoisotopic (exact) mass is 536 g/mol. The number of aromatic amines is 1. The van der Waals surface area contributed by atoms with Crippen LogP contribution >= 0.6 is 0 Å². The van der Waals surface area contributed by atoms with Crippen LogP contribution in [0.3, 0.4) is 0 Å². The summed E-state index contributed by atoms with van der Waals surface area (Å²) in [7, 11) is 9.66. The molecule has 2 heterocycles. The molecule has 2 aromatic heterocycles. The van der Waals surface area contributed by atoms with Crippen LogP contribution < -0.4 is 10.9 Å². The first-order valence-electron chi connectivity index (χ1n) is 12.2. The minimum Gasteiger partial charge on any atom is -0.437 e. The first kappa shape index (κ1) is 29.2. The van der Waals surface area contributed by atoms with Crippen molar-refractivity contribution in [3.05, 3.63) is 70.7 Å². The number of aromatic nitrogens is 3. The molecule has 3 rings (SSSR count). The Hall–Kier alpha value is -4.35. The van der Waals surface area contributed by atoms with E-state index in [0.717, 1.165) is 0 Å². The molecule has 1 aromatic carbocycles. The van der Waals surface area contributed by atoms with Crippen LogP contribution in [0, 0.1) is 5.82 Å². The maximum Gasteiger partial charge on any atom is 0.409 e. The highest BCUT2D eigenvalue weighted by atomic mass is 19.1. The lowest BCUT2D eigenvalue weighted by atomic mass is 9.49. The number of nitrogens with one attached hydrogen (secondary N) is 2. The molecule has 0 aliphatic rings. The number of allylic oxidation sites excluding steroid dienone is 1. The maximum absolute atomic E-state index is 13.5. The van der Waals surface area contributed by atoms with Crippen LogP contribution in [0.2, 0.25) is 5.21 Å². The van der Waals surface area contributed by atoms with Crippen LogP contribution in [0.25, 0.3) is 11.0 Å². The summed E-state index contributed by atoms with van der Waals surface area (Å²) in [6.07, 6.45) is 2.74. The van der Waals surface area contributed by atoms with Crippen LogP contribution in [-0.4, -0.2) is 92.2 Å². The van der Waals surface area contributed by atoms with Gasteiger partial charge in [-0.15, -0.1) is 0 Å². The van der Waals surface area contributed by atoms with Crippen molar-refractivity contribution in [2.45, 2.75) is 24.3 Å². The van der Waals surface area contributed by atoms with Gasteiger partial charge >= 0.3 is 6.09 Å². The van der Waals surface area contributed by atoms with Crippen LogP contribution in [0.15, 0.2) is 53.5 Å². The fourth-order valence-electron chi connectivity index (χ4n) is 3.72. The minimum atomic E-state index is -1.29. The van der Waals surface area contributed by atoms with Crippen molar-refractivity contribution in [2.24, 2.45) is 0 Å². The Morgan fingerprint density at radius 3 is 2.59 bits per heavy atom. The molecule has 0 fully saturated rings. The lowest BCUT2D eigenvalue weighted by Crippen LogP contribution is -2.45. The summed E-state index contributed by atoms with van der Waals surface area (Å²) in [6, 6.07) is 7.18. The molecule has 3 aromatic rings. The van der Waals surface area contributed by atoms with Gasteiger partial charge in [0.05, 0.1) is 17.6 Å². The number of benzene rings is 1. The van der Waals surface area contributed by atoms with Gasteiger partial charge < -0.3 is 29.4 Å². The van der Waals surface area contributed by atoms with Gasteiger partial charge in [0.1, 0.15) is 33.0 Å². The zero-order chi connectivity index (χ0) is 28.9. The molecule has 3 amide bonds. The second kappa shape index (κ2) is 12.0. The largest absolute Gasteiger partial charge is 0.437 e. The van der Waals surface area contributed by atoms with Gasteiger partial charge in [-0.25, -0.2) is 14.2 Å². The number of anilines is 1. The smallest absolute Gasteiger partial charge is 0.409 e. The second-order valence-corrected chi connectivity index (χ2v) is 10.2. The zero-order valence-electron chi connectivity index (χ0n) is 22.8. The van der Waals surface area contributed by atoms with E-state index in [9.17, 15) is 23.6 Å². The number of likely N-dealkylation sites (N-methyl/N-ethyl adjacent to an activating group) is 1. The summed E-state index contributed by atoms with van der Waals surface area (Å²) in [4.78, 5) is 60.8. The number of hydrogen-bond acceptors (Lipinski definition) is 6. The molecule has 1 unspecified atom stereocenters. The zero-order valence-corrected chi connectivity index (χ0v) is 22.8. The molecule has 2 N–H and O–H groups in total. The van der Waals surface area contributed by atoms with E-state index in [1.54, 1.807) is 48.0 Å². The molecule has 0 aliphatic carbocycles. The molecule has 11 nitrogen and oxygen atoms in total.